The maximum Gasteiger partial charge on any atom is 0.0722 e. The number of thiophene rings is 1. The van der Waals surface area contributed by atoms with E-state index in [1.165, 1.54) is 108 Å². The fraction of sp³-hybridized carbons (Fsp3) is 0.0800. The zero-order valence-electron chi connectivity index (χ0n) is 28.6. The predicted molar refractivity (Wildman–Crippen MR) is 225 cm³/mol. The van der Waals surface area contributed by atoms with Crippen molar-refractivity contribution in [1.29, 1.82) is 0 Å². The summed E-state index contributed by atoms with van der Waals surface area (Å²) in [5.74, 6) is 0. The van der Waals surface area contributed by atoms with E-state index >= 15 is 0 Å². The van der Waals surface area contributed by atoms with Crippen LogP contribution >= 0.6 is 11.3 Å². The first-order chi connectivity index (χ1) is 25.8. The van der Waals surface area contributed by atoms with Crippen molar-refractivity contribution < 1.29 is 0 Å². The van der Waals surface area contributed by atoms with Crippen molar-refractivity contribution >= 4 is 97.8 Å². The summed E-state index contributed by atoms with van der Waals surface area (Å²) in [6.45, 7) is 0. The molecule has 2 aromatic heterocycles. The van der Waals surface area contributed by atoms with E-state index in [-0.39, 0.29) is 6.04 Å². The van der Waals surface area contributed by atoms with Crippen LogP contribution < -0.4 is 0 Å². The third-order valence-electron chi connectivity index (χ3n) is 12.0. The van der Waals surface area contributed by atoms with Gasteiger partial charge in [0, 0.05) is 37.1 Å². The fourth-order valence-electron chi connectivity index (χ4n) is 9.87. The van der Waals surface area contributed by atoms with Gasteiger partial charge in [-0.3, -0.25) is 0 Å². The minimum atomic E-state index is 0.289. The van der Waals surface area contributed by atoms with Gasteiger partial charge >= 0.3 is 0 Å². The molecule has 0 radical (unpaired) electrons. The Labute approximate surface area is 305 Å². The third-order valence-corrected chi connectivity index (χ3v) is 13.2. The molecule has 0 amide bonds. The van der Waals surface area contributed by atoms with E-state index in [1.54, 1.807) is 0 Å². The number of fused-ring (bicyclic) bond motifs is 17. The molecule has 2 heterocycles. The van der Waals surface area contributed by atoms with Crippen LogP contribution in [-0.2, 0) is 6.42 Å². The van der Waals surface area contributed by atoms with Crippen LogP contribution in [0.5, 0.6) is 0 Å². The first kappa shape index (κ1) is 28.7. The molecule has 52 heavy (non-hydrogen) atoms. The molecule has 1 atom stereocenters. The molecule has 0 spiro atoms. The van der Waals surface area contributed by atoms with E-state index in [1.807, 2.05) is 11.3 Å². The van der Waals surface area contributed by atoms with Gasteiger partial charge in [0.15, 0.2) is 0 Å². The topological polar surface area (TPSA) is 4.93 Å². The molecule has 2 aliphatic carbocycles. The summed E-state index contributed by atoms with van der Waals surface area (Å²) in [5, 5.41) is 16.0. The molecule has 12 rings (SSSR count). The molecule has 1 nitrogen and oxygen atoms in total. The molecule has 0 saturated carbocycles. The molecule has 0 aliphatic heterocycles. The number of aromatic nitrogens is 1. The van der Waals surface area contributed by atoms with Crippen molar-refractivity contribution in [2.24, 2.45) is 0 Å². The van der Waals surface area contributed by atoms with E-state index in [0.29, 0.717) is 0 Å². The van der Waals surface area contributed by atoms with Crippen molar-refractivity contribution in [3.63, 3.8) is 0 Å². The zero-order chi connectivity index (χ0) is 33.9. The highest BCUT2D eigenvalue weighted by Crippen LogP contribution is 2.49. The highest BCUT2D eigenvalue weighted by atomic mass is 32.1. The quantitative estimate of drug-likeness (QED) is 0.160. The first-order valence-corrected chi connectivity index (χ1v) is 19.3. The lowest BCUT2D eigenvalue weighted by molar-refractivity contribution is 0.590. The smallest absolute Gasteiger partial charge is 0.0722 e. The second-order valence-electron chi connectivity index (χ2n) is 14.5. The van der Waals surface area contributed by atoms with Crippen molar-refractivity contribution in [1.82, 2.24) is 4.57 Å². The van der Waals surface area contributed by atoms with Gasteiger partial charge in [-0.2, -0.15) is 0 Å². The van der Waals surface area contributed by atoms with Gasteiger partial charge in [0.1, 0.15) is 0 Å². The molecule has 8 aromatic carbocycles. The number of benzene rings is 8. The molecule has 0 saturated heterocycles. The number of hydrogen-bond donors (Lipinski definition) is 0. The molecule has 0 fully saturated rings. The van der Waals surface area contributed by atoms with Crippen LogP contribution in [0.25, 0.3) is 86.5 Å². The summed E-state index contributed by atoms with van der Waals surface area (Å²) in [6, 6.07) is 52.7. The van der Waals surface area contributed by atoms with E-state index < -0.39 is 0 Å². The highest BCUT2D eigenvalue weighted by Gasteiger charge is 2.31. The van der Waals surface area contributed by atoms with Crippen molar-refractivity contribution in [2.75, 3.05) is 0 Å². The normalized spacial score (nSPS) is 15.7. The number of para-hydroxylation sites is 1. The van der Waals surface area contributed by atoms with Crippen molar-refractivity contribution in [3.05, 3.63) is 179 Å². The van der Waals surface area contributed by atoms with Crippen LogP contribution in [0, 0.1) is 0 Å². The largest absolute Gasteiger partial charge is 0.335 e. The van der Waals surface area contributed by atoms with Crippen LogP contribution in [-0.4, -0.2) is 4.57 Å². The van der Waals surface area contributed by atoms with Gasteiger partial charge in [-0.05, 0) is 108 Å². The standard InChI is InChI=1S/C50H33NS/c1-4-17-37-32(13-1)33-14-2-6-19-39(33)49-42-29-30(27-28-35(42)34-15-3-5-18-38(34)48(37)49)31-21-11-24-44-47(31)41-20-7-9-23-43(41)51(44)45-25-12-22-40-36-16-8-10-26-46(36)52-50(40)45/h1-10,12-23,26-29,45H,11,24-25H2/t45-/m0/s1. The number of hydrogen-bond acceptors (Lipinski definition) is 1. The summed E-state index contributed by atoms with van der Waals surface area (Å²) < 4.78 is 4.10. The molecule has 244 valence electrons. The van der Waals surface area contributed by atoms with Gasteiger partial charge in [-0.1, -0.05) is 140 Å². The molecule has 2 heteroatoms. The Hall–Kier alpha value is -5.96. The Balaban J connectivity index is 1.14. The molecule has 0 N–H and O–H groups in total. The van der Waals surface area contributed by atoms with E-state index in [4.69, 9.17) is 0 Å². The Bertz CT molecular complexity index is 3200. The molecule has 0 bridgehead atoms. The Morgan fingerprint density at radius 2 is 1.12 bits per heavy atom. The summed E-state index contributed by atoms with van der Waals surface area (Å²) in [6.07, 6.45) is 10.4. The maximum atomic E-state index is 2.72. The number of nitrogens with zero attached hydrogens (tertiary/aromatic N) is 1. The van der Waals surface area contributed by atoms with Crippen molar-refractivity contribution in [2.45, 2.75) is 25.3 Å². The van der Waals surface area contributed by atoms with Crippen LogP contribution in [0.2, 0.25) is 0 Å². The second-order valence-corrected chi connectivity index (χ2v) is 15.6. The lowest BCUT2D eigenvalue weighted by Gasteiger charge is -2.26. The fourth-order valence-corrected chi connectivity index (χ4v) is 11.2. The van der Waals surface area contributed by atoms with Gasteiger partial charge in [0.05, 0.1) is 6.04 Å². The lowest BCUT2D eigenvalue weighted by Crippen LogP contribution is -2.16. The summed E-state index contributed by atoms with van der Waals surface area (Å²) in [7, 11) is 0. The van der Waals surface area contributed by atoms with Gasteiger partial charge in [0.2, 0.25) is 0 Å². The zero-order valence-corrected chi connectivity index (χ0v) is 29.4. The number of allylic oxidation sites excluding steroid dienone is 2. The van der Waals surface area contributed by atoms with Crippen LogP contribution in [0.4, 0.5) is 0 Å². The molecule has 10 aromatic rings. The average molecular weight is 680 g/mol. The van der Waals surface area contributed by atoms with E-state index in [2.05, 4.69) is 162 Å². The van der Waals surface area contributed by atoms with Crippen LogP contribution in [0.3, 0.4) is 0 Å². The maximum absolute atomic E-state index is 2.72. The van der Waals surface area contributed by atoms with Crippen molar-refractivity contribution in [3.8, 4) is 0 Å². The predicted octanol–water partition coefficient (Wildman–Crippen LogP) is 14.0. The van der Waals surface area contributed by atoms with Crippen LogP contribution in [0.15, 0.2) is 152 Å². The first-order valence-electron chi connectivity index (χ1n) is 18.5. The van der Waals surface area contributed by atoms with Crippen LogP contribution in [0.1, 0.15) is 46.1 Å². The number of rotatable bonds is 2. The van der Waals surface area contributed by atoms with E-state index in [9.17, 15) is 0 Å². The minimum Gasteiger partial charge on any atom is -0.335 e. The van der Waals surface area contributed by atoms with Gasteiger partial charge in [0.25, 0.3) is 0 Å². The van der Waals surface area contributed by atoms with Gasteiger partial charge in [-0.15, -0.1) is 11.3 Å². The van der Waals surface area contributed by atoms with E-state index in [0.717, 1.165) is 19.3 Å². The summed E-state index contributed by atoms with van der Waals surface area (Å²) >= 11 is 1.98. The third kappa shape index (κ3) is 3.83. The molecule has 0 unspecified atom stereocenters. The lowest BCUT2D eigenvalue weighted by atomic mass is 9.84. The highest BCUT2D eigenvalue weighted by molar-refractivity contribution is 7.19. The molecule has 2 aliphatic rings. The summed E-state index contributed by atoms with van der Waals surface area (Å²) in [4.78, 5) is 1.49. The SMILES string of the molecule is C1=Cc2c(sc3ccccc23)[C@@H](n2c3c(c4ccccc42)C(c2ccc4c5ccccc5c5c6ccccc6c6ccccc6c5c4c2)=CCC3)C1. The Morgan fingerprint density at radius 3 is 1.83 bits per heavy atom. The molecular weight excluding hydrogens is 647 g/mol. The second kappa shape index (κ2) is 10.8. The molecular formula is C50H33NS. The Morgan fingerprint density at radius 1 is 0.538 bits per heavy atom. The van der Waals surface area contributed by atoms with Gasteiger partial charge in [-0.25, -0.2) is 0 Å². The monoisotopic (exact) mass is 679 g/mol. The minimum absolute atomic E-state index is 0.289. The Kier molecular flexibility index (Phi) is 5.95. The average Bonchev–Trinajstić information content (AvgIpc) is 3.77. The van der Waals surface area contributed by atoms with Gasteiger partial charge < -0.3 is 4.57 Å². The summed E-state index contributed by atoms with van der Waals surface area (Å²) in [5.41, 5.74) is 8.31.